The van der Waals surface area contributed by atoms with Crippen LogP contribution < -0.4 is 4.74 Å². The number of hydrogen-bond acceptors (Lipinski definition) is 2. The zero-order valence-electron chi connectivity index (χ0n) is 9.72. The number of carbonyl (C=O) groups is 1. The highest BCUT2D eigenvalue weighted by molar-refractivity contribution is 5.74. The molecule has 0 atom stereocenters. The van der Waals surface area contributed by atoms with Gasteiger partial charge in [0, 0.05) is 5.56 Å². The van der Waals surface area contributed by atoms with Gasteiger partial charge in [0.2, 0.25) is 0 Å². The molecule has 0 bridgehead atoms. The number of aryl methyl sites for hydroxylation is 1. The summed E-state index contributed by atoms with van der Waals surface area (Å²) in [6.45, 7) is 2.09. The van der Waals surface area contributed by atoms with Gasteiger partial charge in [-0.2, -0.15) is 0 Å². The van der Waals surface area contributed by atoms with Crippen LogP contribution in [0.3, 0.4) is 0 Å². The van der Waals surface area contributed by atoms with Gasteiger partial charge >= 0.3 is 0 Å². The van der Waals surface area contributed by atoms with Gasteiger partial charge in [0.05, 0.1) is 0 Å². The number of benzene rings is 2. The van der Waals surface area contributed by atoms with Gasteiger partial charge in [-0.3, -0.25) is 4.79 Å². The first-order valence-electron chi connectivity index (χ1n) is 5.64. The smallest absolute Gasteiger partial charge is 0.150 e. The minimum absolute atomic E-state index is 0.654. The molecule has 0 N–H and O–H groups in total. The van der Waals surface area contributed by atoms with Crippen LogP contribution in [0, 0.1) is 0 Å². The Balaban J connectivity index is 2.21. The lowest BCUT2D eigenvalue weighted by Gasteiger charge is -2.09. The van der Waals surface area contributed by atoms with Crippen LogP contribution in [0.1, 0.15) is 22.8 Å². The van der Waals surface area contributed by atoms with E-state index in [1.54, 1.807) is 24.3 Å². The van der Waals surface area contributed by atoms with Gasteiger partial charge in [-0.25, -0.2) is 0 Å². The quantitative estimate of drug-likeness (QED) is 0.740. The van der Waals surface area contributed by atoms with E-state index in [1.807, 2.05) is 18.2 Å². The first-order valence-corrected chi connectivity index (χ1v) is 5.64. The summed E-state index contributed by atoms with van der Waals surface area (Å²) in [5.41, 5.74) is 1.83. The first kappa shape index (κ1) is 11.4. The second-order valence-corrected chi connectivity index (χ2v) is 3.75. The maximum atomic E-state index is 10.5. The molecule has 2 nitrogen and oxygen atoms in total. The van der Waals surface area contributed by atoms with Gasteiger partial charge in [-0.1, -0.05) is 25.1 Å². The fourth-order valence-electron chi connectivity index (χ4n) is 1.64. The van der Waals surface area contributed by atoms with Crippen LogP contribution in [0.25, 0.3) is 0 Å². The summed E-state index contributed by atoms with van der Waals surface area (Å²) in [5.74, 6) is 1.62. The third-order valence-electron chi connectivity index (χ3n) is 2.60. The van der Waals surface area contributed by atoms with Crippen molar-refractivity contribution in [2.75, 3.05) is 0 Å². The van der Waals surface area contributed by atoms with E-state index in [4.69, 9.17) is 4.74 Å². The Morgan fingerprint density at radius 1 is 1.06 bits per heavy atom. The van der Waals surface area contributed by atoms with E-state index < -0.39 is 0 Å². The molecule has 0 radical (unpaired) electrons. The summed E-state index contributed by atoms with van der Waals surface area (Å²) in [6.07, 6.45) is 1.76. The van der Waals surface area contributed by atoms with Gasteiger partial charge in [0.1, 0.15) is 17.8 Å². The third-order valence-corrected chi connectivity index (χ3v) is 2.60. The summed E-state index contributed by atoms with van der Waals surface area (Å²) < 4.78 is 5.78. The number of para-hydroxylation sites is 1. The van der Waals surface area contributed by atoms with E-state index in [1.165, 1.54) is 5.56 Å². The van der Waals surface area contributed by atoms with E-state index in [9.17, 15) is 4.79 Å². The normalized spacial score (nSPS) is 9.94. The van der Waals surface area contributed by atoms with Crippen molar-refractivity contribution in [1.82, 2.24) is 0 Å². The Morgan fingerprint density at radius 2 is 1.76 bits per heavy atom. The van der Waals surface area contributed by atoms with Gasteiger partial charge in [-0.05, 0) is 42.3 Å². The molecule has 0 aliphatic heterocycles. The van der Waals surface area contributed by atoms with Crippen LogP contribution in [0.2, 0.25) is 0 Å². The fourth-order valence-corrected chi connectivity index (χ4v) is 1.64. The number of aldehydes is 1. The average molecular weight is 226 g/mol. The van der Waals surface area contributed by atoms with Gasteiger partial charge in [0.25, 0.3) is 0 Å². The molecule has 0 fully saturated rings. The van der Waals surface area contributed by atoms with Crippen LogP contribution in [-0.4, -0.2) is 6.29 Å². The highest BCUT2D eigenvalue weighted by atomic mass is 16.5. The Labute approximate surface area is 101 Å². The molecule has 0 aliphatic rings. The van der Waals surface area contributed by atoms with Crippen molar-refractivity contribution in [1.29, 1.82) is 0 Å². The van der Waals surface area contributed by atoms with Crippen molar-refractivity contribution in [3.63, 3.8) is 0 Å². The highest BCUT2D eigenvalue weighted by Gasteiger charge is 2.02. The largest absolute Gasteiger partial charge is 0.457 e. The number of carbonyl (C=O) groups excluding carboxylic acids is 1. The van der Waals surface area contributed by atoms with Gasteiger partial charge in [-0.15, -0.1) is 0 Å². The van der Waals surface area contributed by atoms with Gasteiger partial charge < -0.3 is 4.74 Å². The molecule has 0 saturated carbocycles. The monoisotopic (exact) mass is 226 g/mol. The molecule has 0 unspecified atom stereocenters. The lowest BCUT2D eigenvalue weighted by atomic mass is 10.1. The van der Waals surface area contributed by atoms with Crippen LogP contribution >= 0.6 is 0 Å². The maximum Gasteiger partial charge on any atom is 0.150 e. The molecule has 2 rings (SSSR count). The summed E-state index contributed by atoms with van der Waals surface area (Å²) >= 11 is 0. The number of ether oxygens (including phenoxy) is 1. The standard InChI is InChI=1S/C15H14O2/c1-2-13-5-3-4-6-15(13)17-14-9-7-12(11-16)8-10-14/h3-11H,2H2,1H3. The molecule has 0 aliphatic carbocycles. The van der Waals surface area contributed by atoms with Crippen LogP contribution in [-0.2, 0) is 6.42 Å². The van der Waals surface area contributed by atoms with Crippen molar-refractivity contribution in [3.8, 4) is 11.5 Å². The minimum Gasteiger partial charge on any atom is -0.457 e. The van der Waals surface area contributed by atoms with Crippen LogP contribution in [0.15, 0.2) is 48.5 Å². The molecule has 0 heterocycles. The fraction of sp³-hybridized carbons (Fsp3) is 0.133. The predicted molar refractivity (Wildman–Crippen MR) is 67.7 cm³/mol. The molecule has 0 saturated heterocycles. The second kappa shape index (κ2) is 5.30. The van der Waals surface area contributed by atoms with Gasteiger partial charge in [0.15, 0.2) is 0 Å². The minimum atomic E-state index is 0.654. The molecule has 0 spiro atoms. The number of rotatable bonds is 4. The van der Waals surface area contributed by atoms with E-state index >= 15 is 0 Å². The molecular weight excluding hydrogens is 212 g/mol. The Morgan fingerprint density at radius 3 is 2.41 bits per heavy atom. The zero-order valence-corrected chi connectivity index (χ0v) is 9.72. The lowest BCUT2D eigenvalue weighted by molar-refractivity contribution is 0.112. The van der Waals surface area contributed by atoms with Crippen molar-refractivity contribution >= 4 is 6.29 Å². The van der Waals surface area contributed by atoms with E-state index in [0.29, 0.717) is 5.56 Å². The molecule has 17 heavy (non-hydrogen) atoms. The van der Waals surface area contributed by atoms with Crippen molar-refractivity contribution in [3.05, 3.63) is 59.7 Å². The molecule has 86 valence electrons. The van der Waals surface area contributed by atoms with Crippen LogP contribution in [0.5, 0.6) is 11.5 Å². The second-order valence-electron chi connectivity index (χ2n) is 3.75. The van der Waals surface area contributed by atoms with Crippen molar-refractivity contribution in [2.45, 2.75) is 13.3 Å². The molecule has 2 aromatic rings. The highest BCUT2D eigenvalue weighted by Crippen LogP contribution is 2.25. The van der Waals surface area contributed by atoms with E-state index in [0.717, 1.165) is 24.2 Å². The Kier molecular flexibility index (Phi) is 3.55. The summed E-state index contributed by atoms with van der Waals surface area (Å²) in [4.78, 5) is 10.5. The van der Waals surface area contributed by atoms with Crippen molar-refractivity contribution < 1.29 is 9.53 Å². The number of hydrogen-bond donors (Lipinski definition) is 0. The molecule has 0 aromatic heterocycles. The van der Waals surface area contributed by atoms with E-state index in [-0.39, 0.29) is 0 Å². The summed E-state index contributed by atoms with van der Waals surface area (Å²) in [6, 6.07) is 15.1. The first-order chi connectivity index (χ1) is 8.33. The Hall–Kier alpha value is -2.09. The maximum absolute atomic E-state index is 10.5. The van der Waals surface area contributed by atoms with E-state index in [2.05, 4.69) is 13.0 Å². The molecule has 2 aromatic carbocycles. The topological polar surface area (TPSA) is 26.3 Å². The predicted octanol–water partition coefficient (Wildman–Crippen LogP) is 3.85. The lowest BCUT2D eigenvalue weighted by Crippen LogP contribution is -1.90. The third kappa shape index (κ3) is 2.72. The van der Waals surface area contributed by atoms with Crippen LogP contribution in [0.4, 0.5) is 0 Å². The average Bonchev–Trinajstić information content (AvgIpc) is 2.40. The molecular formula is C15H14O2. The summed E-state index contributed by atoms with van der Waals surface area (Å²) in [5, 5.41) is 0. The van der Waals surface area contributed by atoms with Crippen molar-refractivity contribution in [2.24, 2.45) is 0 Å². The SMILES string of the molecule is CCc1ccccc1Oc1ccc(C=O)cc1. The summed E-state index contributed by atoms with van der Waals surface area (Å²) in [7, 11) is 0. The molecule has 0 amide bonds. The molecule has 2 heteroatoms. The Bertz CT molecular complexity index is 501. The zero-order chi connectivity index (χ0) is 12.1.